The fourth-order valence-electron chi connectivity index (χ4n) is 3.83. The van der Waals surface area contributed by atoms with Crippen LogP contribution in [0.1, 0.15) is 56.2 Å². The van der Waals surface area contributed by atoms with E-state index in [1.807, 2.05) is 0 Å². The molecule has 0 aromatic heterocycles. The Bertz CT molecular complexity index is 858. The first-order valence-corrected chi connectivity index (χ1v) is 9.80. The Morgan fingerprint density at radius 3 is 2.42 bits per heavy atom. The Morgan fingerprint density at radius 2 is 1.69 bits per heavy atom. The molecule has 1 nitrogen and oxygen atoms in total. The molecule has 0 fully saturated rings. The zero-order chi connectivity index (χ0) is 18.5. The molecular weight excluding hydrogens is 316 g/mol. The lowest BCUT2D eigenvalue weighted by Gasteiger charge is -2.22. The molecule has 3 rings (SSSR count). The maximum absolute atomic E-state index is 6.19. The molecule has 0 saturated carbocycles. The molecule has 0 bridgehead atoms. The minimum Gasteiger partial charge on any atom is -0.489 e. The van der Waals surface area contributed by atoms with E-state index in [-0.39, 0.29) is 0 Å². The Balaban J connectivity index is 1.78. The Hall–Kier alpha value is -2.28. The zero-order valence-corrected chi connectivity index (χ0v) is 16.5. The number of fused-ring (bicyclic) bond motifs is 1. The van der Waals surface area contributed by atoms with Crippen LogP contribution in [0.2, 0.25) is 0 Å². The summed E-state index contributed by atoms with van der Waals surface area (Å²) >= 11 is 0. The molecule has 1 unspecified atom stereocenters. The first-order chi connectivity index (χ1) is 12.6. The van der Waals surface area contributed by atoms with E-state index in [1.165, 1.54) is 40.3 Å². The van der Waals surface area contributed by atoms with Crippen LogP contribution in [0.4, 0.5) is 0 Å². The van der Waals surface area contributed by atoms with Gasteiger partial charge < -0.3 is 4.74 Å². The minimum absolute atomic E-state index is 0.601. The van der Waals surface area contributed by atoms with Gasteiger partial charge in [-0.3, -0.25) is 0 Å². The lowest BCUT2D eigenvalue weighted by atomic mass is 9.84. The van der Waals surface area contributed by atoms with Gasteiger partial charge in [0.25, 0.3) is 0 Å². The smallest absolute Gasteiger partial charge is 0.122 e. The van der Waals surface area contributed by atoms with E-state index < -0.39 is 0 Å². The van der Waals surface area contributed by atoms with Crippen LogP contribution >= 0.6 is 0 Å². The van der Waals surface area contributed by atoms with Gasteiger partial charge in [0.1, 0.15) is 12.4 Å². The van der Waals surface area contributed by atoms with Crippen molar-refractivity contribution in [3.63, 3.8) is 0 Å². The Morgan fingerprint density at radius 1 is 0.923 bits per heavy atom. The van der Waals surface area contributed by atoms with Gasteiger partial charge in [-0.2, -0.15) is 0 Å². The van der Waals surface area contributed by atoms with Crippen LogP contribution in [-0.2, 0) is 6.61 Å². The summed E-state index contributed by atoms with van der Waals surface area (Å²) in [6.07, 6.45) is 2.47. The number of aryl methyl sites for hydroxylation is 1. The van der Waals surface area contributed by atoms with E-state index >= 15 is 0 Å². The maximum atomic E-state index is 6.19. The van der Waals surface area contributed by atoms with E-state index in [0.717, 1.165) is 5.75 Å². The molecule has 0 amide bonds. The monoisotopic (exact) mass is 346 g/mol. The van der Waals surface area contributed by atoms with Gasteiger partial charge in [-0.1, -0.05) is 81.8 Å². The van der Waals surface area contributed by atoms with Crippen molar-refractivity contribution in [2.45, 2.75) is 53.1 Å². The lowest BCUT2D eigenvalue weighted by molar-refractivity contribution is 0.305. The molecule has 1 atom stereocenters. The molecule has 0 radical (unpaired) electrons. The molecule has 0 aliphatic carbocycles. The van der Waals surface area contributed by atoms with Gasteiger partial charge in [0.15, 0.2) is 0 Å². The van der Waals surface area contributed by atoms with Crippen LogP contribution in [0, 0.1) is 12.8 Å². The first-order valence-electron chi connectivity index (χ1n) is 9.80. The molecule has 3 aromatic carbocycles. The molecule has 26 heavy (non-hydrogen) atoms. The van der Waals surface area contributed by atoms with Gasteiger partial charge in [0.05, 0.1) is 0 Å². The number of hydrogen-bond acceptors (Lipinski definition) is 1. The molecule has 1 heteroatoms. The van der Waals surface area contributed by atoms with Gasteiger partial charge in [0, 0.05) is 0 Å². The predicted molar refractivity (Wildman–Crippen MR) is 112 cm³/mol. The van der Waals surface area contributed by atoms with E-state index in [4.69, 9.17) is 4.74 Å². The van der Waals surface area contributed by atoms with Gasteiger partial charge in [-0.05, 0) is 58.7 Å². The molecular formula is C25H30O. The molecule has 0 N–H and O–H groups in total. The van der Waals surface area contributed by atoms with Crippen LogP contribution < -0.4 is 4.74 Å². The lowest BCUT2D eigenvalue weighted by Crippen LogP contribution is -2.07. The summed E-state index contributed by atoms with van der Waals surface area (Å²) in [4.78, 5) is 0. The average molecular weight is 347 g/mol. The second kappa shape index (κ2) is 8.40. The summed E-state index contributed by atoms with van der Waals surface area (Å²) in [5.74, 6) is 2.28. The largest absolute Gasteiger partial charge is 0.489 e. The third kappa shape index (κ3) is 4.09. The van der Waals surface area contributed by atoms with Gasteiger partial charge >= 0.3 is 0 Å². The van der Waals surface area contributed by atoms with Gasteiger partial charge in [-0.15, -0.1) is 0 Å². The van der Waals surface area contributed by atoms with Crippen molar-refractivity contribution in [1.29, 1.82) is 0 Å². The fraction of sp³-hybridized carbons (Fsp3) is 0.360. The maximum Gasteiger partial charge on any atom is 0.122 e. The Labute approximate surface area is 158 Å². The molecule has 3 aromatic rings. The summed E-state index contributed by atoms with van der Waals surface area (Å²) < 4.78 is 6.19. The average Bonchev–Trinajstić information content (AvgIpc) is 2.65. The standard InChI is InChI=1S/C25H30O/c1-5-9-23(18(2)3)21-14-15-25(19(4)16-21)26-17-22-12-8-11-20-10-6-7-13-24(20)22/h6-8,10-16,18,23H,5,9,17H2,1-4H3. The van der Waals surface area contributed by atoms with Crippen LogP contribution in [0.15, 0.2) is 60.7 Å². The number of rotatable bonds is 7. The zero-order valence-electron chi connectivity index (χ0n) is 16.5. The number of hydrogen-bond donors (Lipinski definition) is 0. The summed E-state index contributed by atoms with van der Waals surface area (Å²) in [6.45, 7) is 9.67. The van der Waals surface area contributed by atoms with Gasteiger partial charge in [-0.25, -0.2) is 0 Å². The number of ether oxygens (including phenoxy) is 1. The molecule has 0 heterocycles. The van der Waals surface area contributed by atoms with Crippen LogP contribution in [0.3, 0.4) is 0 Å². The highest BCUT2D eigenvalue weighted by molar-refractivity contribution is 5.85. The summed E-state index contributed by atoms with van der Waals surface area (Å²) in [5, 5.41) is 2.53. The third-order valence-electron chi connectivity index (χ3n) is 5.29. The third-order valence-corrected chi connectivity index (χ3v) is 5.29. The molecule has 0 spiro atoms. The van der Waals surface area contributed by atoms with Crippen molar-refractivity contribution in [1.82, 2.24) is 0 Å². The summed E-state index contributed by atoms with van der Waals surface area (Å²) in [7, 11) is 0. The van der Waals surface area contributed by atoms with E-state index in [9.17, 15) is 0 Å². The van der Waals surface area contributed by atoms with E-state index in [0.29, 0.717) is 18.4 Å². The first kappa shape index (κ1) is 18.5. The van der Waals surface area contributed by atoms with Crippen molar-refractivity contribution < 1.29 is 4.74 Å². The Kier molecular flexibility index (Phi) is 5.98. The van der Waals surface area contributed by atoms with Crippen molar-refractivity contribution in [2.24, 2.45) is 5.92 Å². The van der Waals surface area contributed by atoms with Crippen molar-refractivity contribution in [3.05, 3.63) is 77.4 Å². The second-order valence-electron chi connectivity index (χ2n) is 7.59. The molecule has 0 saturated heterocycles. The topological polar surface area (TPSA) is 9.23 Å². The summed E-state index contributed by atoms with van der Waals surface area (Å²) in [5.41, 5.74) is 3.90. The molecule has 0 aliphatic rings. The van der Waals surface area contributed by atoms with Crippen LogP contribution in [0.25, 0.3) is 10.8 Å². The van der Waals surface area contributed by atoms with Crippen molar-refractivity contribution in [2.75, 3.05) is 0 Å². The quantitative estimate of drug-likeness (QED) is 0.437. The van der Waals surface area contributed by atoms with Gasteiger partial charge in [0.2, 0.25) is 0 Å². The van der Waals surface area contributed by atoms with Crippen LogP contribution in [-0.4, -0.2) is 0 Å². The van der Waals surface area contributed by atoms with Crippen molar-refractivity contribution in [3.8, 4) is 5.75 Å². The molecule has 0 aliphatic heterocycles. The van der Waals surface area contributed by atoms with Crippen LogP contribution in [0.5, 0.6) is 5.75 Å². The summed E-state index contributed by atoms with van der Waals surface area (Å²) in [6, 6.07) is 21.6. The van der Waals surface area contributed by atoms with E-state index in [1.54, 1.807) is 0 Å². The highest BCUT2D eigenvalue weighted by Gasteiger charge is 2.16. The van der Waals surface area contributed by atoms with E-state index in [2.05, 4.69) is 88.4 Å². The normalized spacial score (nSPS) is 12.5. The highest BCUT2D eigenvalue weighted by atomic mass is 16.5. The predicted octanol–water partition coefficient (Wildman–Crippen LogP) is 7.27. The number of benzene rings is 3. The van der Waals surface area contributed by atoms with Crippen molar-refractivity contribution >= 4 is 10.8 Å². The second-order valence-corrected chi connectivity index (χ2v) is 7.59. The minimum atomic E-state index is 0.601. The molecule has 136 valence electrons. The fourth-order valence-corrected chi connectivity index (χ4v) is 3.83. The highest BCUT2D eigenvalue weighted by Crippen LogP contribution is 2.32. The SMILES string of the molecule is CCCC(c1ccc(OCc2cccc3ccccc23)c(C)c1)C(C)C.